The van der Waals surface area contributed by atoms with E-state index >= 15 is 0 Å². The number of unbranched alkanes of at least 4 members (excludes halogenated alkanes) is 2. The first-order valence-electron chi connectivity index (χ1n) is 7.63. The second-order valence-electron chi connectivity index (χ2n) is 5.44. The molecule has 0 unspecified atom stereocenters. The van der Waals surface area contributed by atoms with Gasteiger partial charge >= 0.3 is 5.97 Å². The number of amides is 1. The van der Waals surface area contributed by atoms with Crippen LogP contribution in [0.1, 0.15) is 38.2 Å². The van der Waals surface area contributed by atoms with E-state index in [0.29, 0.717) is 18.5 Å². The summed E-state index contributed by atoms with van der Waals surface area (Å²) in [6.07, 6.45) is 2.67. The lowest BCUT2D eigenvalue weighted by Gasteiger charge is -2.08. The van der Waals surface area contributed by atoms with Crippen molar-refractivity contribution in [1.29, 1.82) is 0 Å². The lowest BCUT2D eigenvalue weighted by molar-refractivity contribution is -0.137. The molecule has 0 fully saturated rings. The van der Waals surface area contributed by atoms with Crippen LogP contribution in [0.3, 0.4) is 0 Å². The van der Waals surface area contributed by atoms with Gasteiger partial charge in [-0.2, -0.15) is 0 Å². The Bertz CT molecular complexity index is 640. The lowest BCUT2D eigenvalue weighted by atomic mass is 10.1. The van der Waals surface area contributed by atoms with Gasteiger partial charge in [-0.25, -0.2) is 8.42 Å². The minimum atomic E-state index is -3.39. The Morgan fingerprint density at radius 3 is 2.61 bits per heavy atom. The highest BCUT2D eigenvalue weighted by Gasteiger charge is 2.16. The van der Waals surface area contributed by atoms with Gasteiger partial charge < -0.3 is 10.4 Å². The molecule has 0 saturated heterocycles. The summed E-state index contributed by atoms with van der Waals surface area (Å²) in [5, 5.41) is 11.2. The number of anilines is 1. The Hall–Kier alpha value is -1.89. The number of rotatable bonds is 10. The molecule has 7 heteroatoms. The van der Waals surface area contributed by atoms with Crippen LogP contribution in [-0.4, -0.2) is 36.9 Å². The highest BCUT2D eigenvalue weighted by Crippen LogP contribution is 2.13. The Labute approximate surface area is 136 Å². The summed E-state index contributed by atoms with van der Waals surface area (Å²) < 4.78 is 23.6. The van der Waals surface area contributed by atoms with Gasteiger partial charge in [0, 0.05) is 12.1 Å². The zero-order chi connectivity index (χ0) is 17.3. The highest BCUT2D eigenvalue weighted by atomic mass is 32.2. The van der Waals surface area contributed by atoms with Gasteiger partial charge in [-0.05, 0) is 30.5 Å². The molecular weight excluding hydrogens is 318 g/mol. The third-order valence-corrected chi connectivity index (χ3v) is 4.86. The molecule has 1 amide bonds. The number of carboxylic acid groups (broad SMARTS) is 1. The second-order valence-corrected chi connectivity index (χ2v) is 7.63. The number of nitrogens with one attached hydrogen (secondary N) is 1. The van der Waals surface area contributed by atoms with Crippen LogP contribution in [0.2, 0.25) is 0 Å². The second kappa shape index (κ2) is 9.29. The Kier molecular flexibility index (Phi) is 7.74. The molecule has 0 aliphatic heterocycles. The maximum atomic E-state index is 11.9. The number of carboxylic acids is 1. The Morgan fingerprint density at radius 1 is 1.22 bits per heavy atom. The van der Waals surface area contributed by atoms with Crippen molar-refractivity contribution in [2.24, 2.45) is 0 Å². The van der Waals surface area contributed by atoms with E-state index in [1.807, 2.05) is 6.92 Å². The van der Waals surface area contributed by atoms with Gasteiger partial charge in [0.05, 0.1) is 5.75 Å². The minimum absolute atomic E-state index is 0.00318. The van der Waals surface area contributed by atoms with E-state index in [-0.39, 0.29) is 12.2 Å². The van der Waals surface area contributed by atoms with Crippen LogP contribution in [-0.2, 0) is 25.8 Å². The normalized spacial score (nSPS) is 11.2. The molecule has 0 aliphatic rings. The molecule has 0 saturated carbocycles. The Morgan fingerprint density at radius 2 is 1.96 bits per heavy atom. The van der Waals surface area contributed by atoms with Crippen LogP contribution in [0.4, 0.5) is 5.69 Å². The van der Waals surface area contributed by atoms with Crippen molar-refractivity contribution in [3.05, 3.63) is 29.8 Å². The highest BCUT2D eigenvalue weighted by molar-refractivity contribution is 7.92. The number of carbonyl (C=O) groups is 2. The number of sulfone groups is 1. The predicted octanol–water partition coefficient (Wildman–Crippen LogP) is 2.25. The first-order chi connectivity index (χ1) is 10.8. The van der Waals surface area contributed by atoms with E-state index in [9.17, 15) is 18.0 Å². The molecular formula is C16H23NO5S. The molecule has 0 atom stereocenters. The first kappa shape index (κ1) is 19.2. The van der Waals surface area contributed by atoms with Crippen LogP contribution in [0.15, 0.2) is 24.3 Å². The van der Waals surface area contributed by atoms with Crippen molar-refractivity contribution in [3.8, 4) is 0 Å². The minimum Gasteiger partial charge on any atom is -0.481 e. The zero-order valence-corrected chi connectivity index (χ0v) is 14.1. The van der Waals surface area contributed by atoms with Gasteiger partial charge in [-0.15, -0.1) is 0 Å². The van der Waals surface area contributed by atoms with Crippen molar-refractivity contribution < 1.29 is 23.1 Å². The van der Waals surface area contributed by atoms with E-state index in [4.69, 9.17) is 5.11 Å². The number of benzene rings is 1. The summed E-state index contributed by atoms with van der Waals surface area (Å²) in [7, 11) is -3.39. The number of hydrogen-bond donors (Lipinski definition) is 2. The fourth-order valence-corrected chi connectivity index (χ4v) is 3.36. The van der Waals surface area contributed by atoms with Gasteiger partial charge in [0.2, 0.25) is 5.91 Å². The summed E-state index contributed by atoms with van der Waals surface area (Å²) in [5.74, 6) is -1.97. The van der Waals surface area contributed by atoms with Crippen molar-refractivity contribution >= 4 is 27.4 Å². The van der Waals surface area contributed by atoms with Gasteiger partial charge in [-0.3, -0.25) is 9.59 Å². The molecule has 6 nitrogen and oxygen atoms in total. The van der Waals surface area contributed by atoms with E-state index in [0.717, 1.165) is 18.4 Å². The molecule has 128 valence electrons. The molecule has 0 heterocycles. The molecule has 1 rings (SSSR count). The average molecular weight is 341 g/mol. The van der Waals surface area contributed by atoms with E-state index in [2.05, 4.69) is 5.32 Å². The number of carbonyl (C=O) groups excluding carboxylic acids is 1. The van der Waals surface area contributed by atoms with Gasteiger partial charge in [0.25, 0.3) is 0 Å². The quantitative estimate of drug-likeness (QED) is 0.636. The molecule has 1 aromatic carbocycles. The van der Waals surface area contributed by atoms with Crippen LogP contribution in [0.5, 0.6) is 0 Å². The molecule has 0 spiro atoms. The average Bonchev–Trinajstić information content (AvgIpc) is 2.45. The van der Waals surface area contributed by atoms with Crippen molar-refractivity contribution in [2.75, 3.05) is 16.8 Å². The summed E-state index contributed by atoms with van der Waals surface area (Å²) in [6.45, 7) is 1.98. The topological polar surface area (TPSA) is 101 Å². The number of aryl methyl sites for hydroxylation is 1. The summed E-state index contributed by atoms with van der Waals surface area (Å²) in [6, 6.07) is 6.76. The van der Waals surface area contributed by atoms with Crippen LogP contribution in [0, 0.1) is 0 Å². The zero-order valence-electron chi connectivity index (χ0n) is 13.2. The lowest BCUT2D eigenvalue weighted by Crippen LogP contribution is -2.24. The summed E-state index contributed by atoms with van der Waals surface area (Å²) in [5.41, 5.74) is 1.25. The van der Waals surface area contributed by atoms with Crippen molar-refractivity contribution in [2.45, 2.75) is 39.0 Å². The maximum absolute atomic E-state index is 11.9. The first-order valence-corrected chi connectivity index (χ1v) is 9.45. The predicted molar refractivity (Wildman–Crippen MR) is 89.2 cm³/mol. The third-order valence-electron chi connectivity index (χ3n) is 3.25. The molecule has 2 N–H and O–H groups in total. The third kappa shape index (κ3) is 8.35. The molecule has 0 radical (unpaired) electrons. The van der Waals surface area contributed by atoms with Gasteiger partial charge in [0.1, 0.15) is 5.75 Å². The van der Waals surface area contributed by atoms with Crippen LogP contribution in [0.25, 0.3) is 0 Å². The smallest absolute Gasteiger partial charge is 0.303 e. The molecule has 23 heavy (non-hydrogen) atoms. The fourth-order valence-electron chi connectivity index (χ4n) is 2.10. The van der Waals surface area contributed by atoms with E-state index in [1.54, 1.807) is 24.3 Å². The number of aliphatic carboxylic acids is 1. The van der Waals surface area contributed by atoms with Gasteiger partial charge in [0.15, 0.2) is 9.84 Å². The standard InChI is InChI=1S/C16H23NO5S/c1-2-3-4-10-23(21,22)12-15(18)17-14-7-5-6-13(11-14)8-9-16(19)20/h5-7,11H,2-4,8-10,12H2,1H3,(H,17,18)(H,19,20). The van der Waals surface area contributed by atoms with E-state index in [1.165, 1.54) is 0 Å². The molecule has 0 bridgehead atoms. The summed E-state index contributed by atoms with van der Waals surface area (Å²) >= 11 is 0. The van der Waals surface area contributed by atoms with Crippen molar-refractivity contribution in [1.82, 2.24) is 0 Å². The molecule has 1 aromatic rings. The maximum Gasteiger partial charge on any atom is 0.303 e. The SMILES string of the molecule is CCCCCS(=O)(=O)CC(=O)Nc1cccc(CCC(=O)O)c1. The Balaban J connectivity index is 2.56. The number of hydrogen-bond acceptors (Lipinski definition) is 4. The largest absolute Gasteiger partial charge is 0.481 e. The summed E-state index contributed by atoms with van der Waals surface area (Å²) in [4.78, 5) is 22.4. The fraction of sp³-hybridized carbons (Fsp3) is 0.500. The molecule has 0 aliphatic carbocycles. The van der Waals surface area contributed by atoms with E-state index < -0.39 is 27.5 Å². The van der Waals surface area contributed by atoms with Crippen LogP contribution >= 0.6 is 0 Å². The van der Waals surface area contributed by atoms with Crippen LogP contribution < -0.4 is 5.32 Å². The van der Waals surface area contributed by atoms with Gasteiger partial charge in [-0.1, -0.05) is 31.9 Å². The molecule has 0 aromatic heterocycles. The monoisotopic (exact) mass is 341 g/mol. The van der Waals surface area contributed by atoms with Crippen molar-refractivity contribution in [3.63, 3.8) is 0 Å².